The Morgan fingerprint density at radius 1 is 1.38 bits per heavy atom. The van der Waals surface area contributed by atoms with E-state index in [1.165, 1.54) is 18.4 Å². The average molecular weight is 284 g/mol. The van der Waals surface area contributed by atoms with Gasteiger partial charge >= 0.3 is 0 Å². The Kier molecular flexibility index (Phi) is 4.24. The van der Waals surface area contributed by atoms with Gasteiger partial charge in [-0.1, -0.05) is 15.9 Å². The van der Waals surface area contributed by atoms with E-state index in [2.05, 4.69) is 34.2 Å². The highest BCUT2D eigenvalue weighted by Gasteiger charge is 2.13. The van der Waals surface area contributed by atoms with Gasteiger partial charge in [0.1, 0.15) is 5.75 Å². The summed E-state index contributed by atoms with van der Waals surface area (Å²) in [7, 11) is 0. The molecule has 0 aliphatic carbocycles. The Hall–Kier alpha value is -0.540. The number of piperidine rings is 1. The van der Waals surface area contributed by atoms with E-state index in [1.54, 1.807) is 0 Å². The van der Waals surface area contributed by atoms with Crippen LogP contribution in [0.2, 0.25) is 0 Å². The van der Waals surface area contributed by atoms with Gasteiger partial charge in [-0.15, -0.1) is 0 Å². The summed E-state index contributed by atoms with van der Waals surface area (Å²) in [4.78, 5) is 0. The molecule has 1 aromatic rings. The fourth-order valence-electron chi connectivity index (χ4n) is 2.03. The van der Waals surface area contributed by atoms with Crippen LogP contribution in [-0.2, 0) is 0 Å². The van der Waals surface area contributed by atoms with Crippen molar-refractivity contribution in [2.24, 2.45) is 5.92 Å². The summed E-state index contributed by atoms with van der Waals surface area (Å²) in [6.07, 6.45) is 2.46. The van der Waals surface area contributed by atoms with Gasteiger partial charge in [-0.05, 0) is 62.5 Å². The Labute approximate surface area is 106 Å². The van der Waals surface area contributed by atoms with Crippen LogP contribution in [0.25, 0.3) is 0 Å². The zero-order chi connectivity index (χ0) is 11.4. The Morgan fingerprint density at radius 2 is 2.12 bits per heavy atom. The molecule has 16 heavy (non-hydrogen) atoms. The minimum Gasteiger partial charge on any atom is -0.493 e. The standard InChI is InChI=1S/C13H18BrNO/c1-10-8-12(14)2-3-13(10)16-9-11-4-6-15-7-5-11/h2-3,8,11,15H,4-7,9H2,1H3. The van der Waals surface area contributed by atoms with Crippen LogP contribution >= 0.6 is 15.9 Å². The van der Waals surface area contributed by atoms with Crippen molar-refractivity contribution >= 4 is 15.9 Å². The third kappa shape index (κ3) is 3.22. The van der Waals surface area contributed by atoms with Crippen molar-refractivity contribution in [3.63, 3.8) is 0 Å². The minimum atomic E-state index is 0.712. The second-order valence-electron chi connectivity index (χ2n) is 4.41. The fraction of sp³-hybridized carbons (Fsp3) is 0.538. The molecule has 1 aliphatic rings. The summed E-state index contributed by atoms with van der Waals surface area (Å²) in [5, 5.41) is 3.37. The van der Waals surface area contributed by atoms with E-state index in [-0.39, 0.29) is 0 Å². The molecule has 3 heteroatoms. The van der Waals surface area contributed by atoms with Crippen molar-refractivity contribution < 1.29 is 4.74 Å². The molecule has 0 radical (unpaired) electrons. The van der Waals surface area contributed by atoms with Gasteiger partial charge in [0.2, 0.25) is 0 Å². The lowest BCUT2D eigenvalue weighted by Gasteiger charge is -2.23. The van der Waals surface area contributed by atoms with Crippen molar-refractivity contribution in [3.05, 3.63) is 28.2 Å². The first-order valence-electron chi connectivity index (χ1n) is 5.85. The summed E-state index contributed by atoms with van der Waals surface area (Å²) in [6.45, 7) is 5.20. The van der Waals surface area contributed by atoms with Gasteiger partial charge in [-0.3, -0.25) is 0 Å². The zero-order valence-corrected chi connectivity index (χ0v) is 11.2. The molecule has 0 amide bonds. The summed E-state index contributed by atoms with van der Waals surface area (Å²) >= 11 is 3.46. The molecule has 0 spiro atoms. The van der Waals surface area contributed by atoms with Crippen LogP contribution in [0.1, 0.15) is 18.4 Å². The number of benzene rings is 1. The first kappa shape index (κ1) is 11.9. The predicted molar refractivity (Wildman–Crippen MR) is 70.0 cm³/mol. The van der Waals surface area contributed by atoms with Crippen LogP contribution in [0.15, 0.2) is 22.7 Å². The molecule has 1 aromatic carbocycles. The normalized spacial score (nSPS) is 17.4. The molecule has 88 valence electrons. The summed E-state index contributed by atoms with van der Waals surface area (Å²) in [5.74, 6) is 1.73. The quantitative estimate of drug-likeness (QED) is 0.920. The highest BCUT2D eigenvalue weighted by atomic mass is 79.9. The molecule has 1 saturated heterocycles. The van der Waals surface area contributed by atoms with Gasteiger partial charge in [0.25, 0.3) is 0 Å². The number of rotatable bonds is 3. The van der Waals surface area contributed by atoms with Gasteiger partial charge in [0.05, 0.1) is 6.61 Å². The molecular weight excluding hydrogens is 266 g/mol. The van der Waals surface area contributed by atoms with Crippen molar-refractivity contribution in [2.45, 2.75) is 19.8 Å². The monoisotopic (exact) mass is 283 g/mol. The van der Waals surface area contributed by atoms with Crippen molar-refractivity contribution in [3.8, 4) is 5.75 Å². The number of hydrogen-bond donors (Lipinski definition) is 1. The zero-order valence-electron chi connectivity index (χ0n) is 9.63. The van der Waals surface area contributed by atoms with Gasteiger partial charge in [-0.25, -0.2) is 0 Å². The van der Waals surface area contributed by atoms with E-state index >= 15 is 0 Å². The highest BCUT2D eigenvalue weighted by Crippen LogP contribution is 2.23. The molecular formula is C13H18BrNO. The minimum absolute atomic E-state index is 0.712. The van der Waals surface area contributed by atoms with Crippen LogP contribution in [-0.4, -0.2) is 19.7 Å². The van der Waals surface area contributed by atoms with Crippen molar-refractivity contribution in [2.75, 3.05) is 19.7 Å². The van der Waals surface area contributed by atoms with Crippen molar-refractivity contribution in [1.29, 1.82) is 0 Å². The topological polar surface area (TPSA) is 21.3 Å². The van der Waals surface area contributed by atoms with Gasteiger partial charge in [0.15, 0.2) is 0 Å². The van der Waals surface area contributed by atoms with Crippen LogP contribution < -0.4 is 10.1 Å². The number of halogens is 1. The van der Waals surface area contributed by atoms with E-state index in [1.807, 2.05) is 12.1 Å². The Morgan fingerprint density at radius 3 is 2.81 bits per heavy atom. The number of aryl methyl sites for hydroxylation is 1. The lowest BCUT2D eigenvalue weighted by molar-refractivity contribution is 0.214. The molecule has 0 aromatic heterocycles. The van der Waals surface area contributed by atoms with E-state index < -0.39 is 0 Å². The van der Waals surface area contributed by atoms with Crippen LogP contribution in [0.3, 0.4) is 0 Å². The van der Waals surface area contributed by atoms with E-state index in [0.29, 0.717) is 5.92 Å². The smallest absolute Gasteiger partial charge is 0.122 e. The number of hydrogen-bond acceptors (Lipinski definition) is 2. The largest absolute Gasteiger partial charge is 0.493 e. The van der Waals surface area contributed by atoms with Gasteiger partial charge < -0.3 is 10.1 Å². The molecule has 1 N–H and O–H groups in total. The SMILES string of the molecule is Cc1cc(Br)ccc1OCC1CCNCC1. The van der Waals surface area contributed by atoms with Crippen LogP contribution in [0.5, 0.6) is 5.75 Å². The molecule has 0 saturated carbocycles. The molecule has 0 atom stereocenters. The molecule has 1 heterocycles. The van der Waals surface area contributed by atoms with E-state index in [0.717, 1.165) is 29.9 Å². The lowest BCUT2D eigenvalue weighted by atomic mass is 9.99. The fourth-order valence-corrected chi connectivity index (χ4v) is 2.51. The molecule has 2 nitrogen and oxygen atoms in total. The third-order valence-electron chi connectivity index (χ3n) is 3.07. The van der Waals surface area contributed by atoms with E-state index in [9.17, 15) is 0 Å². The van der Waals surface area contributed by atoms with Gasteiger partial charge in [0, 0.05) is 4.47 Å². The second-order valence-corrected chi connectivity index (χ2v) is 5.33. The Bertz CT molecular complexity index is 348. The summed E-state index contributed by atoms with van der Waals surface area (Å²) in [6, 6.07) is 6.17. The number of nitrogens with one attached hydrogen (secondary N) is 1. The summed E-state index contributed by atoms with van der Waals surface area (Å²) < 4.78 is 6.99. The maximum absolute atomic E-state index is 5.88. The average Bonchev–Trinajstić information content (AvgIpc) is 2.29. The van der Waals surface area contributed by atoms with Crippen LogP contribution in [0, 0.1) is 12.8 Å². The molecule has 0 bridgehead atoms. The van der Waals surface area contributed by atoms with Gasteiger partial charge in [-0.2, -0.15) is 0 Å². The second kappa shape index (κ2) is 5.69. The molecule has 0 unspecified atom stereocenters. The van der Waals surface area contributed by atoms with Crippen LogP contribution in [0.4, 0.5) is 0 Å². The predicted octanol–water partition coefficient (Wildman–Crippen LogP) is 3.14. The van der Waals surface area contributed by atoms with Crippen molar-refractivity contribution in [1.82, 2.24) is 5.32 Å². The van der Waals surface area contributed by atoms with E-state index in [4.69, 9.17) is 4.74 Å². The summed E-state index contributed by atoms with van der Waals surface area (Å²) in [5.41, 5.74) is 1.20. The lowest BCUT2D eigenvalue weighted by Crippen LogP contribution is -2.30. The highest BCUT2D eigenvalue weighted by molar-refractivity contribution is 9.10. The molecule has 1 aliphatic heterocycles. The first-order chi connectivity index (χ1) is 7.75. The molecule has 2 rings (SSSR count). The number of ether oxygens (including phenoxy) is 1. The maximum Gasteiger partial charge on any atom is 0.122 e. The maximum atomic E-state index is 5.88. The Balaban J connectivity index is 1.88. The first-order valence-corrected chi connectivity index (χ1v) is 6.64. The third-order valence-corrected chi connectivity index (χ3v) is 3.56. The molecule has 1 fully saturated rings.